The van der Waals surface area contributed by atoms with Crippen LogP contribution in [-0.4, -0.2) is 71.4 Å². The van der Waals surface area contributed by atoms with E-state index in [1.807, 2.05) is 0 Å². The Labute approximate surface area is 147 Å². The lowest BCUT2D eigenvalue weighted by Crippen LogP contribution is -2.44. The van der Waals surface area contributed by atoms with Gasteiger partial charge < -0.3 is 15.4 Å². The summed E-state index contributed by atoms with van der Waals surface area (Å²) < 4.78 is 30.1. The molecule has 0 atom stereocenters. The summed E-state index contributed by atoms with van der Waals surface area (Å²) in [5, 5.41) is 6.55. The summed E-state index contributed by atoms with van der Waals surface area (Å²) in [5.74, 6) is 1.92. The number of nitrogens with one attached hydrogen (secondary N) is 2. The molecular formula is C16H34N4O3S. The highest BCUT2D eigenvalue weighted by Crippen LogP contribution is 2.18. The van der Waals surface area contributed by atoms with Gasteiger partial charge in [-0.2, -0.15) is 0 Å². The van der Waals surface area contributed by atoms with Gasteiger partial charge in [-0.15, -0.1) is 0 Å². The molecule has 0 spiro atoms. The minimum Gasteiger partial charge on any atom is -0.380 e. The largest absolute Gasteiger partial charge is 0.380 e. The second-order valence-corrected chi connectivity index (χ2v) is 8.76. The van der Waals surface area contributed by atoms with Crippen LogP contribution in [0.5, 0.6) is 0 Å². The van der Waals surface area contributed by atoms with Crippen molar-refractivity contribution < 1.29 is 13.2 Å². The first-order valence-electron chi connectivity index (χ1n) is 8.80. The second kappa shape index (κ2) is 10.9. The molecule has 0 unspecified atom stereocenters. The molecule has 0 bridgehead atoms. The topological polar surface area (TPSA) is 83.0 Å². The highest BCUT2D eigenvalue weighted by molar-refractivity contribution is 7.88. The van der Waals surface area contributed by atoms with Gasteiger partial charge in [0.15, 0.2) is 5.96 Å². The minimum absolute atomic E-state index is 0.476. The summed E-state index contributed by atoms with van der Waals surface area (Å²) >= 11 is 0. The van der Waals surface area contributed by atoms with Gasteiger partial charge in [0.2, 0.25) is 10.0 Å². The molecular weight excluding hydrogens is 328 g/mol. The van der Waals surface area contributed by atoms with Gasteiger partial charge in [-0.3, -0.25) is 4.99 Å². The van der Waals surface area contributed by atoms with E-state index in [4.69, 9.17) is 4.74 Å². The van der Waals surface area contributed by atoms with Gasteiger partial charge in [-0.05, 0) is 31.1 Å². The predicted octanol–water partition coefficient (Wildman–Crippen LogP) is 0.886. The third-order valence-electron chi connectivity index (χ3n) is 4.20. The van der Waals surface area contributed by atoms with E-state index >= 15 is 0 Å². The molecule has 1 aliphatic rings. The fourth-order valence-corrected chi connectivity index (χ4v) is 3.44. The van der Waals surface area contributed by atoms with Gasteiger partial charge in [0, 0.05) is 39.8 Å². The first-order valence-corrected chi connectivity index (χ1v) is 10.6. The molecule has 0 radical (unpaired) electrons. The van der Waals surface area contributed by atoms with Crippen molar-refractivity contribution in [3.05, 3.63) is 0 Å². The molecule has 142 valence electrons. The molecule has 0 aromatic heterocycles. The maximum atomic E-state index is 11.5. The van der Waals surface area contributed by atoms with E-state index in [1.54, 1.807) is 11.4 Å². The maximum Gasteiger partial charge on any atom is 0.211 e. The highest BCUT2D eigenvalue weighted by Gasteiger charge is 2.24. The fraction of sp³-hybridized carbons (Fsp3) is 0.938. The number of ether oxygens (including phenoxy) is 1. The molecule has 1 rings (SSSR count). The van der Waals surface area contributed by atoms with E-state index < -0.39 is 10.0 Å². The SMILES string of the molecule is CN=C(NCCOCCC(C)C)NCC1CCN(S(C)(=O)=O)CC1. The zero-order valence-electron chi connectivity index (χ0n) is 15.5. The third-order valence-corrected chi connectivity index (χ3v) is 5.51. The number of piperidine rings is 1. The molecule has 0 aromatic rings. The van der Waals surface area contributed by atoms with Crippen molar-refractivity contribution in [1.82, 2.24) is 14.9 Å². The Bertz CT molecular complexity index is 472. The van der Waals surface area contributed by atoms with Crippen LogP contribution < -0.4 is 10.6 Å². The predicted molar refractivity (Wildman–Crippen MR) is 98.8 cm³/mol. The second-order valence-electron chi connectivity index (χ2n) is 6.78. The van der Waals surface area contributed by atoms with Crippen molar-refractivity contribution in [2.24, 2.45) is 16.8 Å². The molecule has 1 heterocycles. The van der Waals surface area contributed by atoms with Crippen molar-refractivity contribution in [2.45, 2.75) is 33.1 Å². The van der Waals surface area contributed by atoms with Crippen LogP contribution in [0.1, 0.15) is 33.1 Å². The molecule has 1 fully saturated rings. The molecule has 24 heavy (non-hydrogen) atoms. The van der Waals surface area contributed by atoms with Crippen LogP contribution in [-0.2, 0) is 14.8 Å². The first-order chi connectivity index (χ1) is 11.3. The number of guanidine groups is 1. The average Bonchev–Trinajstić information content (AvgIpc) is 2.52. The van der Waals surface area contributed by atoms with Gasteiger partial charge in [0.05, 0.1) is 12.9 Å². The third kappa shape index (κ3) is 8.84. The average molecular weight is 363 g/mol. The molecule has 0 saturated carbocycles. The summed E-state index contributed by atoms with van der Waals surface area (Å²) in [7, 11) is -1.30. The molecule has 0 aliphatic carbocycles. The Morgan fingerprint density at radius 3 is 2.46 bits per heavy atom. The van der Waals surface area contributed by atoms with Crippen molar-refractivity contribution in [2.75, 3.05) is 52.7 Å². The Morgan fingerprint density at radius 1 is 1.25 bits per heavy atom. The number of hydrogen-bond donors (Lipinski definition) is 2. The number of hydrogen-bond acceptors (Lipinski definition) is 4. The Kier molecular flexibility index (Phi) is 9.61. The summed E-state index contributed by atoms with van der Waals surface area (Å²) in [5.41, 5.74) is 0. The summed E-state index contributed by atoms with van der Waals surface area (Å²) in [6.07, 6.45) is 4.13. The maximum absolute atomic E-state index is 11.5. The number of nitrogens with zero attached hydrogens (tertiary/aromatic N) is 2. The van der Waals surface area contributed by atoms with Gasteiger partial charge in [-0.25, -0.2) is 12.7 Å². The quantitative estimate of drug-likeness (QED) is 0.361. The highest BCUT2D eigenvalue weighted by atomic mass is 32.2. The van der Waals surface area contributed by atoms with Gasteiger partial charge in [0.1, 0.15) is 0 Å². The monoisotopic (exact) mass is 362 g/mol. The van der Waals surface area contributed by atoms with Crippen LogP contribution in [0, 0.1) is 11.8 Å². The van der Waals surface area contributed by atoms with E-state index in [-0.39, 0.29) is 0 Å². The van der Waals surface area contributed by atoms with E-state index in [9.17, 15) is 8.42 Å². The number of aliphatic imine (C=N–C) groups is 1. The van der Waals surface area contributed by atoms with Crippen molar-refractivity contribution in [1.29, 1.82) is 0 Å². The summed E-state index contributed by atoms with van der Waals surface area (Å²) in [4.78, 5) is 4.21. The minimum atomic E-state index is -3.05. The Balaban J connectivity index is 2.14. The van der Waals surface area contributed by atoms with Crippen molar-refractivity contribution in [3.8, 4) is 0 Å². The van der Waals surface area contributed by atoms with Crippen molar-refractivity contribution >= 4 is 16.0 Å². The first kappa shape index (κ1) is 21.2. The van der Waals surface area contributed by atoms with Crippen molar-refractivity contribution in [3.63, 3.8) is 0 Å². The lowest BCUT2D eigenvalue weighted by atomic mass is 9.98. The normalized spacial score (nSPS) is 18.1. The van der Waals surface area contributed by atoms with Gasteiger partial charge >= 0.3 is 0 Å². The van der Waals surface area contributed by atoms with E-state index in [0.717, 1.165) is 44.9 Å². The van der Waals surface area contributed by atoms with Crippen LogP contribution in [0.4, 0.5) is 0 Å². The van der Waals surface area contributed by atoms with Gasteiger partial charge in [0.25, 0.3) is 0 Å². The molecule has 0 amide bonds. The molecule has 7 nitrogen and oxygen atoms in total. The number of sulfonamides is 1. The standard InChI is InChI=1S/C16H34N4O3S/c1-14(2)7-11-23-12-8-18-16(17-3)19-13-15-5-9-20(10-6-15)24(4,21)22/h14-15H,5-13H2,1-4H3,(H2,17,18,19). The molecule has 1 aliphatic heterocycles. The summed E-state index contributed by atoms with van der Waals surface area (Å²) in [6.45, 7) is 8.60. The lowest BCUT2D eigenvalue weighted by Gasteiger charge is -2.30. The van der Waals surface area contributed by atoms with Crippen LogP contribution in [0.15, 0.2) is 4.99 Å². The Hall–Kier alpha value is -0.860. The summed E-state index contributed by atoms with van der Waals surface area (Å²) in [6, 6.07) is 0. The van der Waals surface area contributed by atoms with Crippen LogP contribution in [0.2, 0.25) is 0 Å². The fourth-order valence-electron chi connectivity index (χ4n) is 2.57. The zero-order valence-corrected chi connectivity index (χ0v) is 16.4. The zero-order chi connectivity index (χ0) is 18.0. The van der Waals surface area contributed by atoms with Crippen LogP contribution >= 0.6 is 0 Å². The molecule has 0 aromatic carbocycles. The smallest absolute Gasteiger partial charge is 0.211 e. The van der Waals surface area contributed by atoms with Gasteiger partial charge in [-0.1, -0.05) is 13.8 Å². The van der Waals surface area contributed by atoms with E-state index in [2.05, 4.69) is 29.5 Å². The number of rotatable bonds is 9. The van der Waals surface area contributed by atoms with Crippen LogP contribution in [0.25, 0.3) is 0 Å². The molecule has 2 N–H and O–H groups in total. The Morgan fingerprint density at radius 2 is 1.92 bits per heavy atom. The van der Waals surface area contributed by atoms with E-state index in [0.29, 0.717) is 31.5 Å². The van der Waals surface area contributed by atoms with E-state index in [1.165, 1.54) is 6.26 Å². The van der Waals surface area contributed by atoms with Crippen LogP contribution in [0.3, 0.4) is 0 Å². The lowest BCUT2D eigenvalue weighted by molar-refractivity contribution is 0.128. The molecule has 1 saturated heterocycles. The molecule has 8 heteroatoms.